The highest BCUT2D eigenvalue weighted by Gasteiger charge is 2.19. The molecule has 3 heterocycles. The maximum atomic E-state index is 12.7. The van der Waals surface area contributed by atoms with Crippen LogP contribution < -0.4 is 4.80 Å². The number of allylic oxidation sites excluding steroid dienone is 2. The zero-order chi connectivity index (χ0) is 19.7. The van der Waals surface area contributed by atoms with Crippen LogP contribution in [0.25, 0.3) is 22.2 Å². The predicted octanol–water partition coefficient (Wildman–Crippen LogP) is 5.20. The number of aryl methyl sites for hydroxylation is 1. The van der Waals surface area contributed by atoms with Crippen LogP contribution >= 0.6 is 22.7 Å². The van der Waals surface area contributed by atoms with Crippen molar-refractivity contribution in [3.63, 3.8) is 0 Å². The van der Waals surface area contributed by atoms with Gasteiger partial charge in [-0.15, -0.1) is 27.1 Å². The van der Waals surface area contributed by atoms with Gasteiger partial charge in [0, 0.05) is 22.9 Å². The fourth-order valence-electron chi connectivity index (χ4n) is 3.03. The van der Waals surface area contributed by atoms with Gasteiger partial charge in [-0.05, 0) is 31.4 Å². The van der Waals surface area contributed by atoms with E-state index in [0.717, 1.165) is 28.0 Å². The number of rotatable bonds is 5. The quantitative estimate of drug-likeness (QED) is 0.409. The molecule has 0 aliphatic carbocycles. The lowest BCUT2D eigenvalue weighted by Crippen LogP contribution is -2.17. The molecule has 0 aliphatic heterocycles. The maximum absolute atomic E-state index is 12.7. The van der Waals surface area contributed by atoms with Gasteiger partial charge in [0.2, 0.25) is 4.80 Å². The van der Waals surface area contributed by atoms with Gasteiger partial charge < -0.3 is 8.98 Å². The number of thiazole rings is 1. The molecule has 0 amide bonds. The Hall–Kier alpha value is -2.42. The van der Waals surface area contributed by atoms with Crippen molar-refractivity contribution in [1.29, 1.82) is 0 Å². The topological polar surface area (TPSA) is 64.6 Å². The normalized spacial score (nSPS) is 13.1. The SMILES string of the molecule is C/C=C/Cn1c(-c2c(C)oc3ccccc23)cs/c1=N\S(=O)(=O)c1cccs1. The average Bonchev–Trinajstić information content (AvgIpc) is 3.38. The smallest absolute Gasteiger partial charge is 0.294 e. The number of thiophene rings is 1. The van der Waals surface area contributed by atoms with E-state index in [-0.39, 0.29) is 4.21 Å². The lowest BCUT2D eigenvalue weighted by molar-refractivity contribution is 0.579. The van der Waals surface area contributed by atoms with Crippen LogP contribution in [-0.4, -0.2) is 13.0 Å². The van der Waals surface area contributed by atoms with Gasteiger partial charge >= 0.3 is 0 Å². The molecule has 0 saturated carbocycles. The van der Waals surface area contributed by atoms with Gasteiger partial charge in [-0.3, -0.25) is 0 Å². The van der Waals surface area contributed by atoms with E-state index in [1.807, 2.05) is 60.2 Å². The summed E-state index contributed by atoms with van der Waals surface area (Å²) in [5.41, 5.74) is 2.67. The largest absolute Gasteiger partial charge is 0.461 e. The van der Waals surface area contributed by atoms with Crippen molar-refractivity contribution < 1.29 is 12.8 Å². The molecule has 4 aromatic rings. The third-order valence-corrected chi connectivity index (χ3v) is 7.92. The van der Waals surface area contributed by atoms with Crippen LogP contribution in [-0.2, 0) is 16.6 Å². The summed E-state index contributed by atoms with van der Waals surface area (Å²) < 4.78 is 37.5. The van der Waals surface area contributed by atoms with E-state index in [9.17, 15) is 8.42 Å². The van der Waals surface area contributed by atoms with Crippen molar-refractivity contribution in [3.05, 3.63) is 69.9 Å². The Kier molecular flexibility index (Phi) is 5.09. The van der Waals surface area contributed by atoms with Crippen molar-refractivity contribution in [1.82, 2.24) is 4.57 Å². The molecule has 1 aromatic carbocycles. The summed E-state index contributed by atoms with van der Waals surface area (Å²) in [7, 11) is -3.74. The lowest BCUT2D eigenvalue weighted by Gasteiger charge is -2.06. The highest BCUT2D eigenvalue weighted by atomic mass is 32.2. The Morgan fingerprint density at radius 1 is 1.18 bits per heavy atom. The van der Waals surface area contributed by atoms with Crippen LogP contribution in [0.15, 0.2) is 72.3 Å². The second kappa shape index (κ2) is 7.54. The Morgan fingerprint density at radius 3 is 2.75 bits per heavy atom. The van der Waals surface area contributed by atoms with E-state index in [1.165, 1.54) is 22.7 Å². The van der Waals surface area contributed by atoms with E-state index in [4.69, 9.17) is 4.42 Å². The van der Waals surface area contributed by atoms with Gasteiger partial charge in [0.1, 0.15) is 15.6 Å². The van der Waals surface area contributed by atoms with Crippen LogP contribution in [0.5, 0.6) is 0 Å². The van der Waals surface area contributed by atoms with Crippen LogP contribution in [0.3, 0.4) is 0 Å². The Morgan fingerprint density at radius 2 is 2.00 bits per heavy atom. The number of benzene rings is 1. The lowest BCUT2D eigenvalue weighted by atomic mass is 10.1. The van der Waals surface area contributed by atoms with Crippen LogP contribution in [0.2, 0.25) is 0 Å². The molecule has 8 heteroatoms. The summed E-state index contributed by atoms with van der Waals surface area (Å²) >= 11 is 2.48. The van der Waals surface area contributed by atoms with Crippen LogP contribution in [0, 0.1) is 6.92 Å². The van der Waals surface area contributed by atoms with E-state index in [1.54, 1.807) is 17.5 Å². The number of nitrogens with zero attached hydrogens (tertiary/aromatic N) is 2. The molecule has 0 unspecified atom stereocenters. The molecule has 4 rings (SSSR count). The predicted molar refractivity (Wildman–Crippen MR) is 114 cm³/mol. The summed E-state index contributed by atoms with van der Waals surface area (Å²) in [6.45, 7) is 4.38. The zero-order valence-corrected chi connectivity index (χ0v) is 17.8. The molecule has 0 aliphatic rings. The molecule has 3 aromatic heterocycles. The van der Waals surface area contributed by atoms with E-state index >= 15 is 0 Å². The third-order valence-electron chi connectivity index (χ3n) is 4.30. The maximum Gasteiger partial charge on any atom is 0.294 e. The van der Waals surface area contributed by atoms with Gasteiger partial charge in [-0.2, -0.15) is 8.42 Å². The number of para-hydroxylation sites is 1. The monoisotopic (exact) mass is 430 g/mol. The summed E-state index contributed by atoms with van der Waals surface area (Å²) in [5.74, 6) is 0.792. The number of sulfonamides is 1. The van der Waals surface area contributed by atoms with Crippen LogP contribution in [0.4, 0.5) is 0 Å². The van der Waals surface area contributed by atoms with Gasteiger partial charge in [0.25, 0.3) is 10.0 Å². The number of furan rings is 1. The zero-order valence-electron chi connectivity index (χ0n) is 15.3. The molecular weight excluding hydrogens is 412 g/mol. The molecule has 144 valence electrons. The first kappa shape index (κ1) is 18.9. The summed E-state index contributed by atoms with van der Waals surface area (Å²) in [6.07, 6.45) is 3.91. The first-order chi connectivity index (χ1) is 13.5. The van der Waals surface area contributed by atoms with Crippen molar-refractivity contribution >= 4 is 43.7 Å². The van der Waals surface area contributed by atoms with Gasteiger partial charge in [0.15, 0.2) is 0 Å². The van der Waals surface area contributed by atoms with Gasteiger partial charge in [-0.25, -0.2) is 0 Å². The first-order valence-corrected chi connectivity index (χ1v) is 11.8. The fourth-order valence-corrected chi connectivity index (χ4v) is 6.12. The minimum atomic E-state index is -3.74. The minimum Gasteiger partial charge on any atom is -0.461 e. The highest BCUT2D eigenvalue weighted by Crippen LogP contribution is 2.34. The van der Waals surface area contributed by atoms with Crippen molar-refractivity contribution in [2.75, 3.05) is 0 Å². The highest BCUT2D eigenvalue weighted by molar-refractivity contribution is 7.92. The molecule has 0 spiro atoms. The molecule has 0 radical (unpaired) electrons. The van der Waals surface area contributed by atoms with Gasteiger partial charge in [0.05, 0.1) is 5.69 Å². The fraction of sp³-hybridized carbons (Fsp3) is 0.150. The standard InChI is InChI=1S/C20H18N2O3S3/c1-3-4-11-22-16(19-14(2)25-17-9-6-5-8-15(17)19)13-27-20(22)21-28(23,24)18-10-7-12-26-18/h3-10,12-13H,11H2,1-2H3/b4-3+,21-20-. The van der Waals surface area contributed by atoms with E-state index in [0.29, 0.717) is 11.3 Å². The molecule has 0 atom stereocenters. The number of fused-ring (bicyclic) bond motifs is 1. The second-order valence-corrected chi connectivity index (χ2v) is 9.73. The molecule has 0 bridgehead atoms. The molecule has 28 heavy (non-hydrogen) atoms. The van der Waals surface area contributed by atoms with E-state index in [2.05, 4.69) is 4.40 Å². The molecular formula is C20H18N2O3S3. The Bertz CT molecular complexity index is 1320. The Labute approximate surface area is 171 Å². The van der Waals surface area contributed by atoms with E-state index < -0.39 is 10.0 Å². The number of aromatic nitrogens is 1. The molecule has 0 N–H and O–H groups in total. The third kappa shape index (κ3) is 3.39. The van der Waals surface area contributed by atoms with Crippen LogP contribution in [0.1, 0.15) is 12.7 Å². The second-order valence-electron chi connectivity index (χ2n) is 6.11. The number of hydrogen-bond donors (Lipinski definition) is 0. The van der Waals surface area contributed by atoms with Crippen molar-refractivity contribution in [2.24, 2.45) is 4.40 Å². The molecule has 0 saturated heterocycles. The summed E-state index contributed by atoms with van der Waals surface area (Å²) in [6, 6.07) is 11.1. The van der Waals surface area contributed by atoms with Crippen molar-refractivity contribution in [3.8, 4) is 11.3 Å². The average molecular weight is 431 g/mol. The Balaban J connectivity index is 1.95. The first-order valence-electron chi connectivity index (χ1n) is 8.64. The minimum absolute atomic E-state index is 0.241. The molecule has 0 fully saturated rings. The van der Waals surface area contributed by atoms with Gasteiger partial charge in [-0.1, -0.05) is 36.4 Å². The van der Waals surface area contributed by atoms with Crippen molar-refractivity contribution in [2.45, 2.75) is 24.6 Å². The summed E-state index contributed by atoms with van der Waals surface area (Å²) in [4.78, 5) is 0.436. The molecule has 5 nitrogen and oxygen atoms in total. The summed E-state index contributed by atoms with van der Waals surface area (Å²) in [5, 5.41) is 4.67. The number of hydrogen-bond acceptors (Lipinski definition) is 5.